The monoisotopic (exact) mass is 432 g/mol. The molecule has 5 nitrogen and oxygen atoms in total. The van der Waals surface area contributed by atoms with Crippen LogP contribution in [0.5, 0.6) is 0 Å². The van der Waals surface area contributed by atoms with Crippen molar-refractivity contribution in [3.8, 4) is 0 Å². The summed E-state index contributed by atoms with van der Waals surface area (Å²) in [5, 5.41) is 8.24. The van der Waals surface area contributed by atoms with Crippen LogP contribution in [-0.2, 0) is 20.4 Å². The van der Waals surface area contributed by atoms with Crippen LogP contribution in [0.3, 0.4) is 0 Å². The van der Waals surface area contributed by atoms with Gasteiger partial charge < -0.3 is 9.47 Å². The summed E-state index contributed by atoms with van der Waals surface area (Å²) in [6, 6.07) is 10.3. The van der Waals surface area contributed by atoms with E-state index in [1.54, 1.807) is 26.0 Å². The van der Waals surface area contributed by atoms with Gasteiger partial charge in [0.25, 0.3) is 0 Å². The van der Waals surface area contributed by atoms with E-state index < -0.39 is 17.7 Å². The summed E-state index contributed by atoms with van der Waals surface area (Å²) in [5.74, 6) is -0.546. The number of methoxy groups -OCH3 is 2. The third-order valence-electron chi connectivity index (χ3n) is 4.54. The first-order valence-corrected chi connectivity index (χ1v) is 9.27. The number of halogens is 3. The lowest BCUT2D eigenvalue weighted by molar-refractivity contribution is -0.137. The van der Waals surface area contributed by atoms with E-state index in [0.717, 1.165) is 17.7 Å². The molecule has 0 heterocycles. The van der Waals surface area contributed by atoms with Crippen molar-refractivity contribution in [2.75, 3.05) is 14.2 Å². The maximum absolute atomic E-state index is 12.9. The molecule has 0 amide bonds. The number of benzene rings is 2. The topological polar surface area (TPSA) is 60.2 Å². The molecule has 0 spiro atoms. The second kappa shape index (κ2) is 10.1. The predicted molar refractivity (Wildman–Crippen MR) is 114 cm³/mol. The molecule has 0 saturated carbocycles. The molecule has 0 N–H and O–H groups in total. The smallest absolute Gasteiger partial charge is 0.416 e. The molecular weight excluding hydrogens is 409 g/mol. The van der Waals surface area contributed by atoms with Gasteiger partial charge in [-0.2, -0.15) is 23.4 Å². The number of carbonyl (C=O) groups is 1. The largest absolute Gasteiger partial charge is 0.503 e. The Kier molecular flexibility index (Phi) is 7.74. The molecule has 2 aromatic rings. The molecule has 8 heteroatoms. The molecule has 0 fully saturated rings. The van der Waals surface area contributed by atoms with Crippen LogP contribution < -0.4 is 0 Å². The van der Waals surface area contributed by atoms with Crippen molar-refractivity contribution >= 4 is 23.0 Å². The molecule has 0 aromatic heterocycles. The summed E-state index contributed by atoms with van der Waals surface area (Å²) < 4.78 is 48.6. The quantitative estimate of drug-likeness (QED) is 0.202. The number of carbonyl (C=O) groups excluding carboxylic acids is 1. The molecule has 0 aliphatic rings. The van der Waals surface area contributed by atoms with Crippen LogP contribution in [-0.4, -0.2) is 31.6 Å². The Bertz CT molecular complexity index is 1050. The zero-order valence-electron chi connectivity index (χ0n) is 17.9. The summed E-state index contributed by atoms with van der Waals surface area (Å²) in [6.45, 7) is 5.15. The highest BCUT2D eigenvalue weighted by Gasteiger charge is 2.30. The van der Waals surface area contributed by atoms with E-state index >= 15 is 0 Å². The van der Waals surface area contributed by atoms with Gasteiger partial charge in [-0.1, -0.05) is 24.3 Å². The van der Waals surface area contributed by atoms with Crippen molar-refractivity contribution < 1.29 is 27.4 Å². The Labute approximate surface area is 178 Å². The molecular formula is C23H23F3N2O3. The predicted octanol–water partition coefficient (Wildman–Crippen LogP) is 5.41. The highest BCUT2D eigenvalue weighted by molar-refractivity contribution is 6.17. The van der Waals surface area contributed by atoms with Crippen molar-refractivity contribution in [2.24, 2.45) is 10.2 Å². The van der Waals surface area contributed by atoms with Gasteiger partial charge in [-0.15, -0.1) is 0 Å². The fourth-order valence-electron chi connectivity index (χ4n) is 2.77. The average Bonchev–Trinajstić information content (AvgIpc) is 2.75. The normalized spacial score (nSPS) is 13.2. The Hall–Kier alpha value is -3.42. The van der Waals surface area contributed by atoms with Gasteiger partial charge in [0.2, 0.25) is 0 Å². The molecule has 2 aromatic carbocycles. The van der Waals surface area contributed by atoms with Gasteiger partial charge >= 0.3 is 12.1 Å². The first kappa shape index (κ1) is 23.9. The van der Waals surface area contributed by atoms with Gasteiger partial charge in [-0.25, -0.2) is 4.79 Å². The lowest BCUT2D eigenvalue weighted by Gasteiger charge is -2.11. The Morgan fingerprint density at radius 2 is 1.58 bits per heavy atom. The molecule has 0 radical (unpaired) electrons. The standard InChI is InChI=1S/C23H23F3N2O3/c1-14-9-10-18(12-20(14)21(13-30-4)22(29)31-5)16(3)28-27-15(2)17-7-6-8-19(11-17)23(24,25)26/h6-13H,1-5H3/b21-13+,27-15?,28-16?. The maximum Gasteiger partial charge on any atom is 0.416 e. The van der Waals surface area contributed by atoms with Crippen LogP contribution >= 0.6 is 0 Å². The van der Waals surface area contributed by atoms with Crippen LogP contribution in [0.15, 0.2) is 58.9 Å². The van der Waals surface area contributed by atoms with Gasteiger partial charge in [0, 0.05) is 0 Å². The second-order valence-corrected chi connectivity index (χ2v) is 6.74. The lowest BCUT2D eigenvalue weighted by atomic mass is 9.97. The first-order valence-electron chi connectivity index (χ1n) is 9.27. The van der Waals surface area contributed by atoms with Gasteiger partial charge in [0.05, 0.1) is 37.5 Å². The Balaban J connectivity index is 2.40. The van der Waals surface area contributed by atoms with E-state index in [1.807, 2.05) is 19.1 Å². The number of alkyl halides is 3. The molecule has 0 aliphatic heterocycles. The average molecular weight is 432 g/mol. The third-order valence-corrected chi connectivity index (χ3v) is 4.54. The number of hydrogen-bond donors (Lipinski definition) is 0. The Morgan fingerprint density at radius 1 is 0.968 bits per heavy atom. The van der Waals surface area contributed by atoms with Crippen LogP contribution in [0.4, 0.5) is 13.2 Å². The van der Waals surface area contributed by atoms with Crippen molar-refractivity contribution in [1.29, 1.82) is 0 Å². The van der Waals surface area contributed by atoms with Crippen molar-refractivity contribution in [1.82, 2.24) is 0 Å². The summed E-state index contributed by atoms with van der Waals surface area (Å²) in [7, 11) is 2.71. The number of rotatable bonds is 6. The van der Waals surface area contributed by atoms with Crippen molar-refractivity contribution in [3.63, 3.8) is 0 Å². The molecule has 0 unspecified atom stereocenters. The van der Waals surface area contributed by atoms with E-state index in [4.69, 9.17) is 9.47 Å². The zero-order chi connectivity index (χ0) is 23.2. The highest BCUT2D eigenvalue weighted by Crippen LogP contribution is 2.29. The Morgan fingerprint density at radius 3 is 2.13 bits per heavy atom. The minimum atomic E-state index is -4.43. The number of esters is 1. The van der Waals surface area contributed by atoms with Crippen molar-refractivity contribution in [3.05, 3.63) is 76.5 Å². The lowest BCUT2D eigenvalue weighted by Crippen LogP contribution is -2.07. The first-order chi connectivity index (χ1) is 14.6. The van der Waals surface area contributed by atoms with Gasteiger partial charge in [-0.05, 0) is 61.2 Å². The molecule has 0 atom stereocenters. The molecule has 0 aliphatic carbocycles. The number of hydrogen-bond acceptors (Lipinski definition) is 5. The highest BCUT2D eigenvalue weighted by atomic mass is 19.4. The van der Waals surface area contributed by atoms with Crippen LogP contribution in [0.25, 0.3) is 5.57 Å². The minimum Gasteiger partial charge on any atom is -0.503 e. The van der Waals surface area contributed by atoms with Gasteiger partial charge in [-0.3, -0.25) is 0 Å². The summed E-state index contributed by atoms with van der Waals surface area (Å²) in [6.07, 6.45) is -3.12. The van der Waals surface area contributed by atoms with Crippen molar-refractivity contribution in [2.45, 2.75) is 26.9 Å². The fourth-order valence-corrected chi connectivity index (χ4v) is 2.77. The van der Waals surface area contributed by atoms with E-state index in [2.05, 4.69) is 10.2 Å². The van der Waals surface area contributed by atoms with Crippen LogP contribution in [0.2, 0.25) is 0 Å². The van der Waals surface area contributed by atoms with Crippen LogP contribution in [0, 0.1) is 6.92 Å². The SMILES string of the molecule is CO/C=C(/C(=O)OC)c1cc(C(C)=NN=C(C)c2cccc(C(F)(F)F)c2)ccc1C. The number of aryl methyl sites for hydroxylation is 1. The molecule has 0 saturated heterocycles. The third kappa shape index (κ3) is 6.04. The van der Waals surface area contributed by atoms with Gasteiger partial charge in [0.1, 0.15) is 5.57 Å². The number of ether oxygens (including phenoxy) is 2. The minimum absolute atomic E-state index is 0.251. The van der Waals surface area contributed by atoms with Crippen LogP contribution in [0.1, 0.15) is 41.7 Å². The molecule has 2 rings (SSSR count). The molecule has 31 heavy (non-hydrogen) atoms. The number of nitrogens with zero attached hydrogens (tertiary/aromatic N) is 2. The summed E-state index contributed by atoms with van der Waals surface area (Å²) >= 11 is 0. The molecule has 0 bridgehead atoms. The zero-order valence-corrected chi connectivity index (χ0v) is 17.9. The van der Waals surface area contributed by atoms with E-state index in [1.165, 1.54) is 26.5 Å². The molecule has 164 valence electrons. The maximum atomic E-state index is 12.9. The summed E-state index contributed by atoms with van der Waals surface area (Å²) in [5.41, 5.74) is 2.82. The van der Waals surface area contributed by atoms with E-state index in [0.29, 0.717) is 28.1 Å². The second-order valence-electron chi connectivity index (χ2n) is 6.74. The van der Waals surface area contributed by atoms with E-state index in [-0.39, 0.29) is 5.57 Å². The summed E-state index contributed by atoms with van der Waals surface area (Å²) in [4.78, 5) is 12.1. The van der Waals surface area contributed by atoms with Gasteiger partial charge in [0.15, 0.2) is 0 Å². The fraction of sp³-hybridized carbons (Fsp3) is 0.261. The van der Waals surface area contributed by atoms with E-state index in [9.17, 15) is 18.0 Å².